The Morgan fingerprint density at radius 3 is 2.84 bits per heavy atom. The highest BCUT2D eigenvalue weighted by Crippen LogP contribution is 2.29. The largest absolute Gasteiger partial charge is 0.478 e. The topological polar surface area (TPSA) is 109 Å². The Balaban J connectivity index is 2.41. The van der Waals surface area contributed by atoms with Crippen molar-refractivity contribution >= 4 is 23.4 Å². The third-order valence-electron chi connectivity index (χ3n) is 2.45. The van der Waals surface area contributed by atoms with E-state index in [1.54, 1.807) is 13.0 Å². The first kappa shape index (κ1) is 13.2. The highest BCUT2D eigenvalue weighted by Gasteiger charge is 2.12. The summed E-state index contributed by atoms with van der Waals surface area (Å²) in [6.45, 7) is 1.73. The molecular weight excluding hydrogens is 266 g/mol. The number of aromatic amines is 1. The number of nitrogens with zero attached hydrogens (tertiary/aromatic N) is 1. The summed E-state index contributed by atoms with van der Waals surface area (Å²) in [5.74, 6) is -1.09. The molecule has 1 heterocycles. The average molecular weight is 277 g/mol. The first-order valence-corrected chi connectivity index (χ1v) is 6.15. The average Bonchev–Trinajstić information content (AvgIpc) is 2.33. The number of aromatic carboxylic acids is 1. The first-order chi connectivity index (χ1) is 8.97. The fourth-order valence-corrected chi connectivity index (χ4v) is 2.42. The number of nitrogens with one attached hydrogen (secondary N) is 1. The number of rotatable bonds is 3. The normalized spacial score (nSPS) is 10.4. The van der Waals surface area contributed by atoms with Crippen LogP contribution in [0.5, 0.6) is 0 Å². The Kier molecular flexibility index (Phi) is 3.57. The van der Waals surface area contributed by atoms with Crippen molar-refractivity contribution in [3.63, 3.8) is 0 Å². The predicted molar refractivity (Wildman–Crippen MR) is 71.5 cm³/mol. The van der Waals surface area contributed by atoms with Crippen LogP contribution in [-0.4, -0.2) is 21.0 Å². The molecule has 0 amide bonds. The molecule has 1 aromatic heterocycles. The Hall–Kier alpha value is -2.28. The van der Waals surface area contributed by atoms with Gasteiger partial charge < -0.3 is 15.8 Å². The molecule has 7 heteroatoms. The molecule has 0 radical (unpaired) electrons. The van der Waals surface area contributed by atoms with Gasteiger partial charge in [0.05, 0.1) is 5.56 Å². The van der Waals surface area contributed by atoms with Gasteiger partial charge in [0.25, 0.3) is 5.56 Å². The Morgan fingerprint density at radius 1 is 1.47 bits per heavy atom. The van der Waals surface area contributed by atoms with Gasteiger partial charge in [-0.2, -0.15) is 0 Å². The molecule has 0 aliphatic rings. The quantitative estimate of drug-likeness (QED) is 0.579. The van der Waals surface area contributed by atoms with Crippen molar-refractivity contribution in [2.24, 2.45) is 0 Å². The summed E-state index contributed by atoms with van der Waals surface area (Å²) in [5.41, 5.74) is 6.40. The number of benzene rings is 1. The smallest absolute Gasteiger partial charge is 0.337 e. The Morgan fingerprint density at radius 2 is 2.21 bits per heavy atom. The van der Waals surface area contributed by atoms with Crippen LogP contribution in [0.15, 0.2) is 39.2 Å². The van der Waals surface area contributed by atoms with Gasteiger partial charge in [0.15, 0.2) is 5.16 Å². The number of aryl methyl sites for hydroxylation is 1. The molecule has 0 atom stereocenters. The molecule has 19 heavy (non-hydrogen) atoms. The lowest BCUT2D eigenvalue weighted by molar-refractivity contribution is 0.0697. The molecule has 0 unspecified atom stereocenters. The van der Waals surface area contributed by atoms with E-state index in [2.05, 4.69) is 9.97 Å². The number of hydrogen-bond donors (Lipinski definition) is 3. The molecule has 0 aliphatic carbocycles. The highest BCUT2D eigenvalue weighted by molar-refractivity contribution is 7.99. The molecule has 2 aromatic rings. The minimum atomic E-state index is -1.09. The van der Waals surface area contributed by atoms with Crippen molar-refractivity contribution in [1.29, 1.82) is 0 Å². The Labute approximate surface area is 112 Å². The van der Waals surface area contributed by atoms with Crippen molar-refractivity contribution in [2.75, 3.05) is 5.73 Å². The molecule has 6 nitrogen and oxygen atoms in total. The lowest BCUT2D eigenvalue weighted by atomic mass is 10.1. The number of carboxylic acid groups (broad SMARTS) is 1. The molecule has 98 valence electrons. The van der Waals surface area contributed by atoms with Gasteiger partial charge in [0.2, 0.25) is 0 Å². The van der Waals surface area contributed by atoms with E-state index in [0.717, 1.165) is 0 Å². The van der Waals surface area contributed by atoms with Crippen LogP contribution in [0, 0.1) is 6.92 Å². The summed E-state index contributed by atoms with van der Waals surface area (Å²) >= 11 is 1.17. The fourth-order valence-electron chi connectivity index (χ4n) is 1.52. The third-order valence-corrected chi connectivity index (χ3v) is 3.33. The van der Waals surface area contributed by atoms with Crippen LogP contribution in [0.2, 0.25) is 0 Å². The zero-order chi connectivity index (χ0) is 14.0. The number of aromatic nitrogens is 2. The van der Waals surface area contributed by atoms with E-state index >= 15 is 0 Å². The number of hydrogen-bond acceptors (Lipinski definition) is 5. The summed E-state index contributed by atoms with van der Waals surface area (Å²) in [6, 6.07) is 4.52. The second kappa shape index (κ2) is 5.15. The maximum absolute atomic E-state index is 11.2. The summed E-state index contributed by atoms with van der Waals surface area (Å²) in [6.07, 6.45) is 1.39. The minimum absolute atomic E-state index is 0.0424. The lowest BCUT2D eigenvalue weighted by Crippen LogP contribution is -2.06. The van der Waals surface area contributed by atoms with Crippen LogP contribution in [-0.2, 0) is 0 Å². The van der Waals surface area contributed by atoms with Crippen LogP contribution < -0.4 is 11.3 Å². The zero-order valence-corrected chi connectivity index (χ0v) is 10.8. The van der Waals surface area contributed by atoms with Crippen molar-refractivity contribution in [2.45, 2.75) is 17.0 Å². The predicted octanol–water partition coefficient (Wildman–Crippen LogP) is 1.51. The van der Waals surface area contributed by atoms with E-state index in [0.29, 0.717) is 15.6 Å². The van der Waals surface area contributed by atoms with E-state index in [1.165, 1.54) is 30.1 Å². The van der Waals surface area contributed by atoms with Gasteiger partial charge in [-0.1, -0.05) is 11.8 Å². The minimum Gasteiger partial charge on any atom is -0.478 e. The molecule has 0 bridgehead atoms. The molecular formula is C12H11N3O3S. The number of nitrogens with two attached hydrogens (primary N) is 1. The van der Waals surface area contributed by atoms with Crippen molar-refractivity contribution < 1.29 is 9.90 Å². The number of nitrogen functional groups attached to an aromatic ring is 1. The second-order valence-corrected chi connectivity index (χ2v) is 4.91. The SMILES string of the molecule is Cc1cc(Sc2nccc(=O)[nH]2)cc(C(=O)O)c1N. The Bertz CT molecular complexity index is 697. The standard InChI is InChI=1S/C12H11N3O3S/c1-6-4-7(5-8(10(6)13)11(17)18)19-12-14-3-2-9(16)15-12/h2-5H,13H2,1H3,(H,17,18)(H,14,15,16). The van der Waals surface area contributed by atoms with E-state index in [-0.39, 0.29) is 16.8 Å². The van der Waals surface area contributed by atoms with Gasteiger partial charge in [-0.05, 0) is 24.6 Å². The van der Waals surface area contributed by atoms with E-state index in [1.807, 2.05) is 0 Å². The number of H-pyrrole nitrogens is 1. The van der Waals surface area contributed by atoms with Crippen molar-refractivity contribution in [3.8, 4) is 0 Å². The number of anilines is 1. The van der Waals surface area contributed by atoms with Crippen LogP contribution in [0.4, 0.5) is 5.69 Å². The van der Waals surface area contributed by atoms with Crippen LogP contribution in [0.1, 0.15) is 15.9 Å². The van der Waals surface area contributed by atoms with Crippen molar-refractivity contribution in [1.82, 2.24) is 9.97 Å². The molecule has 4 N–H and O–H groups in total. The summed E-state index contributed by atoms with van der Waals surface area (Å²) in [7, 11) is 0. The lowest BCUT2D eigenvalue weighted by Gasteiger charge is -2.08. The van der Waals surface area contributed by atoms with Crippen LogP contribution in [0.25, 0.3) is 0 Å². The van der Waals surface area contributed by atoms with Gasteiger partial charge in [0, 0.05) is 22.8 Å². The van der Waals surface area contributed by atoms with Crippen LogP contribution in [0.3, 0.4) is 0 Å². The highest BCUT2D eigenvalue weighted by atomic mass is 32.2. The van der Waals surface area contributed by atoms with Gasteiger partial charge in [0.1, 0.15) is 0 Å². The summed E-state index contributed by atoms with van der Waals surface area (Å²) in [5, 5.41) is 9.46. The van der Waals surface area contributed by atoms with Crippen LogP contribution >= 0.6 is 11.8 Å². The van der Waals surface area contributed by atoms with Gasteiger partial charge in [-0.15, -0.1) is 0 Å². The molecule has 1 aromatic carbocycles. The maximum atomic E-state index is 11.2. The third kappa shape index (κ3) is 2.94. The molecule has 0 spiro atoms. The summed E-state index contributed by atoms with van der Waals surface area (Å²) < 4.78 is 0. The first-order valence-electron chi connectivity index (χ1n) is 5.34. The second-order valence-electron chi connectivity index (χ2n) is 3.85. The molecule has 2 rings (SSSR count). The van der Waals surface area contributed by atoms with E-state index in [9.17, 15) is 9.59 Å². The molecule has 0 fully saturated rings. The summed E-state index contributed by atoms with van der Waals surface area (Å²) in [4.78, 5) is 29.4. The maximum Gasteiger partial charge on any atom is 0.337 e. The molecule has 0 saturated heterocycles. The van der Waals surface area contributed by atoms with E-state index < -0.39 is 5.97 Å². The number of carboxylic acids is 1. The fraction of sp³-hybridized carbons (Fsp3) is 0.0833. The van der Waals surface area contributed by atoms with Gasteiger partial charge in [-0.25, -0.2) is 9.78 Å². The molecule has 0 aliphatic heterocycles. The number of carbonyl (C=O) groups is 1. The van der Waals surface area contributed by atoms with E-state index in [4.69, 9.17) is 10.8 Å². The van der Waals surface area contributed by atoms with Gasteiger partial charge in [-0.3, -0.25) is 4.79 Å². The van der Waals surface area contributed by atoms with Crippen molar-refractivity contribution in [3.05, 3.63) is 45.9 Å². The zero-order valence-electron chi connectivity index (χ0n) is 10.0. The monoisotopic (exact) mass is 277 g/mol. The molecule has 0 saturated carbocycles. The van der Waals surface area contributed by atoms with Gasteiger partial charge >= 0.3 is 5.97 Å².